The van der Waals surface area contributed by atoms with Crippen LogP contribution in [0.3, 0.4) is 0 Å². The van der Waals surface area contributed by atoms with Crippen molar-refractivity contribution in [2.24, 2.45) is 5.92 Å². The second kappa shape index (κ2) is 4.55. The molecule has 5 heteroatoms. The van der Waals surface area contributed by atoms with Crippen LogP contribution in [0.5, 0.6) is 0 Å². The highest BCUT2D eigenvalue weighted by atomic mass is 32.2. The number of alkyl halides is 3. The van der Waals surface area contributed by atoms with Gasteiger partial charge in [-0.15, -0.1) is 11.8 Å². The first-order valence-corrected chi connectivity index (χ1v) is 5.71. The zero-order valence-corrected chi connectivity index (χ0v) is 8.42. The Morgan fingerprint density at radius 3 is 2.69 bits per heavy atom. The molecule has 1 heterocycles. The summed E-state index contributed by atoms with van der Waals surface area (Å²) in [5, 5.41) is 0. The first kappa shape index (κ1) is 11.2. The van der Waals surface area contributed by atoms with Crippen molar-refractivity contribution in [1.29, 1.82) is 0 Å². The Labute approximate surface area is 80.7 Å². The summed E-state index contributed by atoms with van der Waals surface area (Å²) in [5.74, 6) is -0.388. The molecule has 1 nitrogen and oxygen atoms in total. The molecule has 1 atom stereocenters. The van der Waals surface area contributed by atoms with Crippen molar-refractivity contribution in [2.75, 3.05) is 25.2 Å². The highest BCUT2D eigenvalue weighted by molar-refractivity contribution is 7.98. The molecule has 1 aliphatic rings. The molecule has 1 aliphatic heterocycles. The van der Waals surface area contributed by atoms with Gasteiger partial charge in [0.05, 0.1) is 5.92 Å². The van der Waals surface area contributed by atoms with Gasteiger partial charge in [0.15, 0.2) is 0 Å². The van der Waals surface area contributed by atoms with Crippen LogP contribution in [0.2, 0.25) is 0 Å². The molecule has 0 radical (unpaired) electrons. The lowest BCUT2D eigenvalue weighted by Crippen LogP contribution is -2.41. The molecule has 0 spiro atoms. The number of nitrogens with zero attached hydrogens (tertiary/aromatic N) is 1. The van der Waals surface area contributed by atoms with Gasteiger partial charge in [-0.05, 0) is 25.6 Å². The minimum absolute atomic E-state index is 0.185. The number of piperidine rings is 1. The molecule has 0 bridgehead atoms. The van der Waals surface area contributed by atoms with Gasteiger partial charge in [-0.3, -0.25) is 4.90 Å². The van der Waals surface area contributed by atoms with Crippen LogP contribution >= 0.6 is 11.8 Å². The monoisotopic (exact) mass is 213 g/mol. The molecule has 0 aromatic rings. The molecular weight excluding hydrogens is 199 g/mol. The smallest absolute Gasteiger partial charge is 0.294 e. The molecule has 1 saturated heterocycles. The topological polar surface area (TPSA) is 3.24 Å². The number of hydrogen-bond donors (Lipinski definition) is 0. The van der Waals surface area contributed by atoms with Gasteiger partial charge in [0.1, 0.15) is 0 Å². The molecule has 0 saturated carbocycles. The number of rotatable bonds is 2. The Bertz CT molecular complexity index is 158. The molecule has 0 aliphatic carbocycles. The van der Waals surface area contributed by atoms with Crippen LogP contribution in [0.25, 0.3) is 0 Å². The minimum Gasteiger partial charge on any atom is -0.294 e. The maximum Gasteiger partial charge on any atom is 0.393 e. The third-order valence-electron chi connectivity index (χ3n) is 2.28. The first-order chi connectivity index (χ1) is 6.04. The quantitative estimate of drug-likeness (QED) is 0.693. The lowest BCUT2D eigenvalue weighted by molar-refractivity contribution is -0.185. The third-order valence-corrected chi connectivity index (χ3v) is 2.90. The zero-order valence-electron chi connectivity index (χ0n) is 7.60. The molecule has 0 aromatic carbocycles. The van der Waals surface area contributed by atoms with E-state index in [1.165, 1.54) is 0 Å². The van der Waals surface area contributed by atoms with Gasteiger partial charge < -0.3 is 0 Å². The fourth-order valence-corrected chi connectivity index (χ4v) is 2.22. The minimum atomic E-state index is -4.00. The number of hydrogen-bond acceptors (Lipinski definition) is 2. The normalized spacial score (nSPS) is 26.3. The van der Waals surface area contributed by atoms with Crippen molar-refractivity contribution in [1.82, 2.24) is 4.90 Å². The van der Waals surface area contributed by atoms with Gasteiger partial charge in [0, 0.05) is 12.4 Å². The molecule has 1 fully saturated rings. The molecule has 13 heavy (non-hydrogen) atoms. The van der Waals surface area contributed by atoms with Crippen LogP contribution in [-0.4, -0.2) is 36.3 Å². The van der Waals surface area contributed by atoms with Crippen molar-refractivity contribution >= 4 is 11.8 Å². The van der Waals surface area contributed by atoms with Crippen molar-refractivity contribution in [2.45, 2.75) is 19.0 Å². The fraction of sp³-hybridized carbons (Fsp3) is 1.00. The van der Waals surface area contributed by atoms with E-state index in [-0.39, 0.29) is 6.54 Å². The molecule has 1 unspecified atom stereocenters. The molecule has 1 rings (SSSR count). The average Bonchev–Trinajstić information content (AvgIpc) is 2.04. The van der Waals surface area contributed by atoms with E-state index in [0.29, 0.717) is 18.7 Å². The predicted octanol–water partition coefficient (Wildman–Crippen LogP) is 2.58. The van der Waals surface area contributed by atoms with E-state index >= 15 is 0 Å². The van der Waals surface area contributed by atoms with Crippen LogP contribution in [0, 0.1) is 5.92 Å². The maximum absolute atomic E-state index is 12.3. The summed E-state index contributed by atoms with van der Waals surface area (Å²) in [7, 11) is 0. The summed E-state index contributed by atoms with van der Waals surface area (Å²) in [4.78, 5) is 1.88. The molecule has 0 aromatic heterocycles. The lowest BCUT2D eigenvalue weighted by Gasteiger charge is -2.33. The van der Waals surface area contributed by atoms with Crippen molar-refractivity contribution in [3.05, 3.63) is 0 Å². The molecule has 0 N–H and O–H groups in total. The van der Waals surface area contributed by atoms with Crippen LogP contribution in [0.15, 0.2) is 0 Å². The Morgan fingerprint density at radius 1 is 1.46 bits per heavy atom. The van der Waals surface area contributed by atoms with E-state index < -0.39 is 12.1 Å². The van der Waals surface area contributed by atoms with Crippen molar-refractivity contribution in [3.8, 4) is 0 Å². The standard InChI is InChI=1S/C8H14F3NS/c1-13-6-12-4-2-3-7(5-12)8(9,10)11/h7H,2-6H2,1H3. The van der Waals surface area contributed by atoms with Gasteiger partial charge in [-0.1, -0.05) is 0 Å². The van der Waals surface area contributed by atoms with Crippen LogP contribution < -0.4 is 0 Å². The molecular formula is C8H14F3NS. The largest absolute Gasteiger partial charge is 0.393 e. The SMILES string of the molecule is CSCN1CCCC(C(F)(F)F)C1. The van der Waals surface area contributed by atoms with E-state index in [2.05, 4.69) is 0 Å². The van der Waals surface area contributed by atoms with Crippen LogP contribution in [-0.2, 0) is 0 Å². The van der Waals surface area contributed by atoms with Crippen molar-refractivity contribution < 1.29 is 13.2 Å². The van der Waals surface area contributed by atoms with E-state index in [1.54, 1.807) is 11.8 Å². The molecule has 78 valence electrons. The van der Waals surface area contributed by atoms with E-state index in [4.69, 9.17) is 0 Å². The van der Waals surface area contributed by atoms with Crippen LogP contribution in [0.1, 0.15) is 12.8 Å². The van der Waals surface area contributed by atoms with Gasteiger partial charge in [-0.2, -0.15) is 13.2 Å². The zero-order chi connectivity index (χ0) is 9.90. The third kappa shape index (κ3) is 3.38. The summed E-state index contributed by atoms with van der Waals surface area (Å²) in [5.41, 5.74) is 0. The Kier molecular flexibility index (Phi) is 3.91. The second-order valence-electron chi connectivity index (χ2n) is 3.38. The summed E-state index contributed by atoms with van der Waals surface area (Å²) < 4.78 is 37.0. The molecule has 0 amide bonds. The van der Waals surface area contributed by atoms with Gasteiger partial charge in [-0.25, -0.2) is 0 Å². The van der Waals surface area contributed by atoms with E-state index in [9.17, 15) is 13.2 Å². The van der Waals surface area contributed by atoms with Gasteiger partial charge in [0.2, 0.25) is 0 Å². The van der Waals surface area contributed by atoms with Gasteiger partial charge >= 0.3 is 6.18 Å². The van der Waals surface area contributed by atoms with E-state index in [1.807, 2.05) is 11.2 Å². The average molecular weight is 213 g/mol. The fourth-order valence-electron chi connectivity index (χ4n) is 1.62. The highest BCUT2D eigenvalue weighted by Gasteiger charge is 2.41. The first-order valence-electron chi connectivity index (χ1n) is 4.32. The van der Waals surface area contributed by atoms with Gasteiger partial charge in [0.25, 0.3) is 0 Å². The summed E-state index contributed by atoms with van der Waals surface area (Å²) in [6.07, 6.45) is -1.12. The number of likely N-dealkylation sites (tertiary alicyclic amines) is 1. The maximum atomic E-state index is 12.3. The summed E-state index contributed by atoms with van der Waals surface area (Å²) >= 11 is 1.58. The number of thioether (sulfide) groups is 1. The van der Waals surface area contributed by atoms with Crippen molar-refractivity contribution in [3.63, 3.8) is 0 Å². The summed E-state index contributed by atoms with van der Waals surface area (Å²) in [6.45, 7) is 0.998. The highest BCUT2D eigenvalue weighted by Crippen LogP contribution is 2.33. The Hall–Kier alpha value is 0.100. The Morgan fingerprint density at radius 2 is 2.15 bits per heavy atom. The van der Waals surface area contributed by atoms with E-state index in [0.717, 1.165) is 6.54 Å². The predicted molar refractivity (Wildman–Crippen MR) is 48.7 cm³/mol. The Balaban J connectivity index is 2.42. The lowest BCUT2D eigenvalue weighted by atomic mass is 9.98. The number of halogens is 3. The second-order valence-corrected chi connectivity index (χ2v) is 4.21. The summed E-state index contributed by atoms with van der Waals surface area (Å²) in [6, 6.07) is 0. The van der Waals surface area contributed by atoms with Crippen LogP contribution in [0.4, 0.5) is 13.2 Å².